The van der Waals surface area contributed by atoms with Gasteiger partial charge in [-0.15, -0.1) is 5.10 Å². The number of aryl methyl sites for hydroxylation is 1. The number of rotatable bonds is 4. The number of hydrogen-bond donors (Lipinski definition) is 2. The molecule has 1 fully saturated rings. The van der Waals surface area contributed by atoms with Crippen molar-refractivity contribution >= 4 is 11.7 Å². The van der Waals surface area contributed by atoms with Crippen LogP contribution in [0, 0.1) is 0 Å². The molecule has 0 amide bonds. The number of oxime groups is 1. The predicted octanol–water partition coefficient (Wildman–Crippen LogP) is 0.533. The number of nitrogens with two attached hydrogens (primary N) is 1. The number of morpholine rings is 1. The van der Waals surface area contributed by atoms with Crippen molar-refractivity contribution in [2.24, 2.45) is 10.9 Å². The van der Waals surface area contributed by atoms with E-state index in [0.29, 0.717) is 24.6 Å². The highest BCUT2D eigenvalue weighted by molar-refractivity contribution is 6.03. The lowest BCUT2D eigenvalue weighted by molar-refractivity contribution is 0.122. The number of amidine groups is 1. The van der Waals surface area contributed by atoms with Gasteiger partial charge in [0.2, 0.25) is 0 Å². The molecule has 7 nitrogen and oxygen atoms in total. The topological polar surface area (TPSA) is 96.9 Å². The number of hydrogen-bond acceptors (Lipinski definition) is 6. The van der Waals surface area contributed by atoms with Crippen molar-refractivity contribution in [1.29, 1.82) is 0 Å². The lowest BCUT2D eigenvalue weighted by Gasteiger charge is -2.29. The molecule has 2 rings (SSSR count). The molecule has 7 heteroatoms. The van der Waals surface area contributed by atoms with Crippen LogP contribution in [0.1, 0.15) is 30.7 Å². The Morgan fingerprint density at radius 1 is 1.30 bits per heavy atom. The fourth-order valence-corrected chi connectivity index (χ4v) is 2.48. The average Bonchev–Trinajstić information content (AvgIpc) is 2.53. The minimum Gasteiger partial charge on any atom is -0.409 e. The van der Waals surface area contributed by atoms with Crippen molar-refractivity contribution in [2.45, 2.75) is 26.7 Å². The van der Waals surface area contributed by atoms with E-state index < -0.39 is 0 Å². The lowest BCUT2D eigenvalue weighted by atomic mass is 10.0. The molecule has 20 heavy (non-hydrogen) atoms. The molecule has 0 unspecified atom stereocenters. The standard InChI is InChI=1S/C13H21N5O2/c1-3-9-10(4-2)15-16-13(11(9)12(14)17-19)18-5-7-20-8-6-18/h19H,3-8H2,1-2H3,(H2,14,17). The highest BCUT2D eigenvalue weighted by atomic mass is 16.5. The van der Waals surface area contributed by atoms with Gasteiger partial charge in [-0.3, -0.25) is 0 Å². The third-order valence-electron chi connectivity index (χ3n) is 3.50. The van der Waals surface area contributed by atoms with Gasteiger partial charge in [-0.2, -0.15) is 5.10 Å². The number of aromatic nitrogens is 2. The Morgan fingerprint density at radius 3 is 2.55 bits per heavy atom. The zero-order valence-corrected chi connectivity index (χ0v) is 12.0. The average molecular weight is 279 g/mol. The summed E-state index contributed by atoms with van der Waals surface area (Å²) in [4.78, 5) is 2.07. The molecule has 0 bridgehead atoms. The fraction of sp³-hybridized carbons (Fsp3) is 0.615. The van der Waals surface area contributed by atoms with E-state index in [-0.39, 0.29) is 5.84 Å². The van der Waals surface area contributed by atoms with Crippen LogP contribution in [0.4, 0.5) is 5.82 Å². The van der Waals surface area contributed by atoms with Crippen LogP contribution >= 0.6 is 0 Å². The van der Waals surface area contributed by atoms with Gasteiger partial charge < -0.3 is 20.6 Å². The normalized spacial score (nSPS) is 16.5. The van der Waals surface area contributed by atoms with Gasteiger partial charge in [-0.1, -0.05) is 19.0 Å². The molecule has 1 aromatic heterocycles. The van der Waals surface area contributed by atoms with Crippen molar-refractivity contribution in [3.63, 3.8) is 0 Å². The van der Waals surface area contributed by atoms with Gasteiger partial charge in [-0.05, 0) is 18.4 Å². The number of nitrogens with zero attached hydrogens (tertiary/aromatic N) is 4. The summed E-state index contributed by atoms with van der Waals surface area (Å²) >= 11 is 0. The maximum atomic E-state index is 9.07. The fourth-order valence-electron chi connectivity index (χ4n) is 2.48. The van der Waals surface area contributed by atoms with Crippen LogP contribution in [0.15, 0.2) is 5.16 Å². The summed E-state index contributed by atoms with van der Waals surface area (Å²) in [5, 5.41) is 20.8. The maximum absolute atomic E-state index is 9.07. The Balaban J connectivity index is 2.55. The highest BCUT2D eigenvalue weighted by Gasteiger charge is 2.23. The smallest absolute Gasteiger partial charge is 0.174 e. The Kier molecular flexibility index (Phi) is 4.73. The SMILES string of the molecule is CCc1nnc(N2CCOCC2)c(C(N)=NO)c1CC. The first-order chi connectivity index (χ1) is 9.72. The Morgan fingerprint density at radius 2 is 2.00 bits per heavy atom. The summed E-state index contributed by atoms with van der Waals surface area (Å²) in [6.45, 7) is 6.81. The molecule has 2 heterocycles. The second-order valence-corrected chi connectivity index (χ2v) is 4.62. The zero-order chi connectivity index (χ0) is 14.5. The molecule has 0 saturated carbocycles. The molecule has 0 atom stereocenters. The van der Waals surface area contributed by atoms with E-state index in [4.69, 9.17) is 15.7 Å². The van der Waals surface area contributed by atoms with Crippen LogP contribution in [0.5, 0.6) is 0 Å². The van der Waals surface area contributed by atoms with Crippen molar-refractivity contribution < 1.29 is 9.94 Å². The molecule has 1 saturated heterocycles. The van der Waals surface area contributed by atoms with Gasteiger partial charge >= 0.3 is 0 Å². The molecule has 0 aromatic carbocycles. The van der Waals surface area contributed by atoms with Gasteiger partial charge in [0.1, 0.15) is 0 Å². The molecular formula is C13H21N5O2. The van der Waals surface area contributed by atoms with Crippen LogP contribution < -0.4 is 10.6 Å². The largest absolute Gasteiger partial charge is 0.409 e. The summed E-state index contributed by atoms with van der Waals surface area (Å²) in [6.07, 6.45) is 1.53. The molecule has 0 spiro atoms. The summed E-state index contributed by atoms with van der Waals surface area (Å²) in [7, 11) is 0. The Labute approximate surface area is 118 Å². The molecule has 0 radical (unpaired) electrons. The van der Waals surface area contributed by atoms with Crippen molar-refractivity contribution in [3.05, 3.63) is 16.8 Å². The summed E-state index contributed by atoms with van der Waals surface area (Å²) < 4.78 is 5.35. The number of ether oxygens (including phenoxy) is 1. The summed E-state index contributed by atoms with van der Waals surface area (Å²) in [5.74, 6) is 0.769. The molecule has 1 aliphatic heterocycles. The first-order valence-corrected chi connectivity index (χ1v) is 6.91. The van der Waals surface area contributed by atoms with E-state index in [0.717, 1.165) is 37.2 Å². The molecule has 0 aliphatic carbocycles. The zero-order valence-electron chi connectivity index (χ0n) is 12.0. The van der Waals surface area contributed by atoms with E-state index in [1.165, 1.54) is 0 Å². The molecule has 1 aliphatic rings. The van der Waals surface area contributed by atoms with Gasteiger partial charge in [0.15, 0.2) is 11.7 Å². The minimum absolute atomic E-state index is 0.0907. The minimum atomic E-state index is 0.0907. The van der Waals surface area contributed by atoms with Crippen LogP contribution in [-0.4, -0.2) is 47.5 Å². The van der Waals surface area contributed by atoms with Gasteiger partial charge in [0.25, 0.3) is 0 Å². The Bertz CT molecular complexity index is 498. The van der Waals surface area contributed by atoms with Crippen molar-refractivity contribution in [1.82, 2.24) is 10.2 Å². The third-order valence-corrected chi connectivity index (χ3v) is 3.50. The summed E-state index contributed by atoms with van der Waals surface area (Å²) in [5.41, 5.74) is 8.47. The first-order valence-electron chi connectivity index (χ1n) is 6.91. The van der Waals surface area contributed by atoms with Gasteiger partial charge in [0, 0.05) is 13.1 Å². The van der Waals surface area contributed by atoms with Gasteiger partial charge in [0.05, 0.1) is 24.5 Å². The third kappa shape index (κ3) is 2.67. The van der Waals surface area contributed by atoms with Crippen molar-refractivity contribution in [3.8, 4) is 0 Å². The van der Waals surface area contributed by atoms with E-state index in [1.54, 1.807) is 0 Å². The second-order valence-electron chi connectivity index (χ2n) is 4.62. The highest BCUT2D eigenvalue weighted by Crippen LogP contribution is 2.24. The monoisotopic (exact) mass is 279 g/mol. The van der Waals surface area contributed by atoms with Crippen LogP contribution in [0.2, 0.25) is 0 Å². The molecular weight excluding hydrogens is 258 g/mol. The van der Waals surface area contributed by atoms with Crippen LogP contribution in [-0.2, 0) is 17.6 Å². The van der Waals surface area contributed by atoms with Crippen LogP contribution in [0.3, 0.4) is 0 Å². The number of anilines is 1. The predicted molar refractivity (Wildman–Crippen MR) is 76.3 cm³/mol. The quantitative estimate of drug-likeness (QED) is 0.361. The molecule has 3 N–H and O–H groups in total. The van der Waals surface area contributed by atoms with Crippen LogP contribution in [0.25, 0.3) is 0 Å². The molecule has 1 aromatic rings. The second kappa shape index (κ2) is 6.51. The van der Waals surface area contributed by atoms with E-state index in [1.807, 2.05) is 13.8 Å². The van der Waals surface area contributed by atoms with E-state index >= 15 is 0 Å². The first kappa shape index (κ1) is 14.5. The summed E-state index contributed by atoms with van der Waals surface area (Å²) in [6, 6.07) is 0. The lowest BCUT2D eigenvalue weighted by Crippen LogP contribution is -2.39. The maximum Gasteiger partial charge on any atom is 0.174 e. The van der Waals surface area contributed by atoms with Crippen molar-refractivity contribution in [2.75, 3.05) is 31.2 Å². The molecule has 110 valence electrons. The van der Waals surface area contributed by atoms with E-state index in [2.05, 4.69) is 20.3 Å². The Hall–Kier alpha value is -1.89. The van der Waals surface area contributed by atoms with E-state index in [9.17, 15) is 0 Å². The van der Waals surface area contributed by atoms with Gasteiger partial charge in [-0.25, -0.2) is 0 Å².